The number of piperazine rings is 1. The lowest BCUT2D eigenvalue weighted by atomic mass is 10.0. The van der Waals surface area contributed by atoms with E-state index in [0.29, 0.717) is 12.6 Å². The number of amides is 3. The Balaban J connectivity index is 1.34. The van der Waals surface area contributed by atoms with Gasteiger partial charge in [-0.1, -0.05) is 6.07 Å². The highest BCUT2D eigenvalue weighted by molar-refractivity contribution is 5.77. The lowest BCUT2D eigenvalue weighted by Gasteiger charge is -2.43. The van der Waals surface area contributed by atoms with Crippen molar-refractivity contribution in [3.05, 3.63) is 30.1 Å². The van der Waals surface area contributed by atoms with E-state index in [-0.39, 0.29) is 18.0 Å². The summed E-state index contributed by atoms with van der Waals surface area (Å²) in [6, 6.07) is 4.91. The Morgan fingerprint density at radius 3 is 2.65 bits per heavy atom. The highest BCUT2D eigenvalue weighted by Gasteiger charge is 2.42. The molecular weight excluding hydrogens is 330 g/mol. The van der Waals surface area contributed by atoms with Crippen molar-refractivity contribution >= 4 is 11.9 Å². The average Bonchev–Trinajstić information content (AvgIpc) is 2.97. The number of hydrogen-bond acceptors (Lipinski definition) is 4. The van der Waals surface area contributed by atoms with Crippen molar-refractivity contribution in [2.75, 3.05) is 39.3 Å². The third kappa shape index (κ3) is 3.40. The minimum atomic E-state index is 0.157. The van der Waals surface area contributed by atoms with E-state index in [4.69, 9.17) is 0 Å². The van der Waals surface area contributed by atoms with Crippen LogP contribution in [0.5, 0.6) is 0 Å². The SMILES string of the molecule is CC(=O)N1CCC(N2CCN3C(=O)N(Cc4cccnc4)C[C@H]3C2)CC1. The maximum Gasteiger partial charge on any atom is 0.320 e. The standard InChI is InChI=1S/C19H27N5O2/c1-15(25)21-7-4-17(5-8-21)22-9-10-24-18(13-22)14-23(19(24)26)12-16-3-2-6-20-11-16/h2-3,6,11,17-18H,4-5,7-10,12-14H2,1H3/t18-/m1/s1. The third-order valence-corrected chi connectivity index (χ3v) is 5.98. The molecule has 0 spiro atoms. The number of pyridine rings is 1. The van der Waals surface area contributed by atoms with Crippen LogP contribution in [0.3, 0.4) is 0 Å². The molecule has 1 aromatic heterocycles. The minimum absolute atomic E-state index is 0.157. The Bertz CT molecular complexity index is 659. The molecule has 26 heavy (non-hydrogen) atoms. The zero-order valence-corrected chi connectivity index (χ0v) is 15.4. The molecule has 3 aliphatic heterocycles. The van der Waals surface area contributed by atoms with Gasteiger partial charge in [-0.2, -0.15) is 0 Å². The first-order valence-corrected chi connectivity index (χ1v) is 9.56. The van der Waals surface area contributed by atoms with Gasteiger partial charge in [-0.15, -0.1) is 0 Å². The van der Waals surface area contributed by atoms with E-state index in [1.807, 2.05) is 33.0 Å². The van der Waals surface area contributed by atoms with Crippen molar-refractivity contribution in [2.24, 2.45) is 0 Å². The fourth-order valence-electron chi connectivity index (χ4n) is 4.52. The van der Waals surface area contributed by atoms with Gasteiger partial charge in [-0.25, -0.2) is 4.79 Å². The van der Waals surface area contributed by atoms with E-state index in [2.05, 4.69) is 9.88 Å². The van der Waals surface area contributed by atoms with Crippen LogP contribution in [0.2, 0.25) is 0 Å². The van der Waals surface area contributed by atoms with Gasteiger partial charge in [0.05, 0.1) is 6.04 Å². The molecule has 0 bridgehead atoms. The number of carbonyl (C=O) groups excluding carboxylic acids is 2. The zero-order valence-electron chi connectivity index (χ0n) is 15.4. The molecule has 0 saturated carbocycles. The molecule has 0 aliphatic carbocycles. The molecule has 0 N–H and O–H groups in total. The van der Waals surface area contributed by atoms with Gasteiger partial charge in [-0.05, 0) is 24.5 Å². The highest BCUT2D eigenvalue weighted by atomic mass is 16.2. The molecule has 7 nitrogen and oxygen atoms in total. The first kappa shape index (κ1) is 17.3. The fourth-order valence-corrected chi connectivity index (χ4v) is 4.52. The summed E-state index contributed by atoms with van der Waals surface area (Å²) < 4.78 is 0. The van der Waals surface area contributed by atoms with Crippen LogP contribution in [-0.4, -0.2) is 87.9 Å². The van der Waals surface area contributed by atoms with Crippen molar-refractivity contribution in [3.63, 3.8) is 0 Å². The lowest BCUT2D eigenvalue weighted by molar-refractivity contribution is -0.130. The molecule has 4 rings (SSSR count). The molecule has 0 aromatic carbocycles. The van der Waals surface area contributed by atoms with Crippen LogP contribution in [0.4, 0.5) is 4.79 Å². The Labute approximate surface area is 154 Å². The zero-order chi connectivity index (χ0) is 18.1. The molecule has 140 valence electrons. The monoisotopic (exact) mass is 357 g/mol. The van der Waals surface area contributed by atoms with Crippen molar-refractivity contribution < 1.29 is 9.59 Å². The molecular formula is C19H27N5O2. The first-order valence-electron chi connectivity index (χ1n) is 9.56. The number of carbonyl (C=O) groups is 2. The van der Waals surface area contributed by atoms with Gasteiger partial charge >= 0.3 is 6.03 Å². The molecule has 3 fully saturated rings. The number of likely N-dealkylation sites (tertiary alicyclic amines) is 1. The molecule has 1 aromatic rings. The minimum Gasteiger partial charge on any atom is -0.343 e. The number of nitrogens with zero attached hydrogens (tertiary/aromatic N) is 5. The fraction of sp³-hybridized carbons (Fsp3) is 0.632. The number of fused-ring (bicyclic) bond motifs is 1. The van der Waals surface area contributed by atoms with Crippen molar-refractivity contribution in [1.82, 2.24) is 24.6 Å². The quantitative estimate of drug-likeness (QED) is 0.810. The lowest BCUT2D eigenvalue weighted by Crippen LogP contribution is -2.57. The Morgan fingerprint density at radius 1 is 1.15 bits per heavy atom. The Hall–Kier alpha value is -2.15. The Morgan fingerprint density at radius 2 is 1.96 bits per heavy atom. The molecule has 3 aliphatic rings. The van der Waals surface area contributed by atoms with Gasteiger partial charge in [-0.3, -0.25) is 14.7 Å². The van der Waals surface area contributed by atoms with E-state index in [9.17, 15) is 9.59 Å². The topological polar surface area (TPSA) is 60.0 Å². The van der Waals surface area contributed by atoms with Crippen LogP contribution in [-0.2, 0) is 11.3 Å². The van der Waals surface area contributed by atoms with Gasteiger partial charge in [0.2, 0.25) is 5.91 Å². The maximum absolute atomic E-state index is 12.7. The van der Waals surface area contributed by atoms with E-state index in [1.165, 1.54) is 0 Å². The van der Waals surface area contributed by atoms with Gasteiger partial charge in [0.1, 0.15) is 0 Å². The number of aromatic nitrogens is 1. The summed E-state index contributed by atoms with van der Waals surface area (Å²) in [6.45, 7) is 7.48. The predicted molar refractivity (Wildman–Crippen MR) is 97.4 cm³/mol. The predicted octanol–water partition coefficient (Wildman–Crippen LogP) is 1.01. The molecule has 3 saturated heterocycles. The summed E-state index contributed by atoms with van der Waals surface area (Å²) in [6.07, 6.45) is 5.67. The summed E-state index contributed by atoms with van der Waals surface area (Å²) in [7, 11) is 0. The van der Waals surface area contributed by atoms with Gasteiger partial charge in [0.25, 0.3) is 0 Å². The van der Waals surface area contributed by atoms with Crippen molar-refractivity contribution in [3.8, 4) is 0 Å². The summed E-state index contributed by atoms with van der Waals surface area (Å²) in [4.78, 5) is 36.8. The van der Waals surface area contributed by atoms with Gasteiger partial charge in [0, 0.05) is 71.2 Å². The van der Waals surface area contributed by atoms with Crippen LogP contribution < -0.4 is 0 Å². The van der Waals surface area contributed by atoms with Crippen molar-refractivity contribution in [1.29, 1.82) is 0 Å². The van der Waals surface area contributed by atoms with Gasteiger partial charge in [0.15, 0.2) is 0 Å². The number of hydrogen-bond donors (Lipinski definition) is 0. The van der Waals surface area contributed by atoms with E-state index < -0.39 is 0 Å². The van der Waals surface area contributed by atoms with E-state index in [1.54, 1.807) is 13.1 Å². The van der Waals surface area contributed by atoms with E-state index in [0.717, 1.165) is 57.7 Å². The normalized spacial score (nSPS) is 24.9. The number of piperidine rings is 1. The van der Waals surface area contributed by atoms with Crippen molar-refractivity contribution in [2.45, 2.75) is 38.4 Å². The number of urea groups is 1. The van der Waals surface area contributed by atoms with Gasteiger partial charge < -0.3 is 14.7 Å². The van der Waals surface area contributed by atoms with Crippen LogP contribution in [0, 0.1) is 0 Å². The second-order valence-electron chi connectivity index (χ2n) is 7.60. The second-order valence-corrected chi connectivity index (χ2v) is 7.60. The van der Waals surface area contributed by atoms with E-state index >= 15 is 0 Å². The molecule has 4 heterocycles. The van der Waals surface area contributed by atoms with Crippen LogP contribution >= 0.6 is 0 Å². The second kappa shape index (κ2) is 7.23. The third-order valence-electron chi connectivity index (χ3n) is 5.98. The summed E-state index contributed by atoms with van der Waals surface area (Å²) in [5.41, 5.74) is 1.08. The molecule has 0 unspecified atom stereocenters. The molecule has 3 amide bonds. The molecule has 0 radical (unpaired) electrons. The number of rotatable bonds is 3. The Kier molecular flexibility index (Phi) is 4.80. The average molecular weight is 357 g/mol. The molecule has 7 heteroatoms. The largest absolute Gasteiger partial charge is 0.343 e. The molecule has 1 atom stereocenters. The van der Waals surface area contributed by atoms with Crippen LogP contribution in [0.25, 0.3) is 0 Å². The van der Waals surface area contributed by atoms with Crippen LogP contribution in [0.1, 0.15) is 25.3 Å². The summed E-state index contributed by atoms with van der Waals surface area (Å²) in [5.74, 6) is 0.181. The summed E-state index contributed by atoms with van der Waals surface area (Å²) >= 11 is 0. The summed E-state index contributed by atoms with van der Waals surface area (Å²) in [5, 5.41) is 0. The maximum atomic E-state index is 12.7. The van der Waals surface area contributed by atoms with Crippen LogP contribution in [0.15, 0.2) is 24.5 Å². The first-order chi connectivity index (χ1) is 12.6. The highest BCUT2D eigenvalue weighted by Crippen LogP contribution is 2.26. The smallest absolute Gasteiger partial charge is 0.320 e.